The predicted molar refractivity (Wildman–Crippen MR) is 97.1 cm³/mol. The molecular weight excluding hydrogens is 384 g/mol. The Morgan fingerprint density at radius 3 is 2.00 bits per heavy atom. The van der Waals surface area contributed by atoms with Crippen molar-refractivity contribution < 1.29 is 14.4 Å². The van der Waals surface area contributed by atoms with E-state index in [0.29, 0.717) is 11.1 Å². The lowest BCUT2D eigenvalue weighted by atomic mass is 10.1. The minimum Gasteiger partial charge on any atom is -0.348 e. The maximum Gasteiger partial charge on any atom is 0.262 e. The van der Waals surface area contributed by atoms with Crippen molar-refractivity contribution in [2.24, 2.45) is 0 Å². The lowest BCUT2D eigenvalue weighted by Crippen LogP contribution is -2.48. The van der Waals surface area contributed by atoms with E-state index in [1.165, 1.54) is 0 Å². The molecule has 2 atom stereocenters. The van der Waals surface area contributed by atoms with E-state index >= 15 is 0 Å². The van der Waals surface area contributed by atoms with Crippen LogP contribution in [0.25, 0.3) is 0 Å². The number of fused-ring (bicyclic) bond motifs is 1. The van der Waals surface area contributed by atoms with Gasteiger partial charge in [0.05, 0.1) is 17.2 Å². The van der Waals surface area contributed by atoms with Gasteiger partial charge in [0.15, 0.2) is 0 Å². The molecule has 0 fully saturated rings. The van der Waals surface area contributed by atoms with Gasteiger partial charge in [-0.05, 0) is 43.7 Å². The molecule has 0 aromatic heterocycles. The first kappa shape index (κ1) is 17.4. The number of rotatable bonds is 4. The Bertz CT molecular complexity index is 813. The SMILES string of the molecule is C[C@H](NC(=O)[C@@H](C)N1C(=O)c2ccccc2C1=O)c1ccc(Br)cc1. The van der Waals surface area contributed by atoms with Crippen molar-refractivity contribution >= 4 is 33.7 Å². The zero-order valence-corrected chi connectivity index (χ0v) is 15.4. The summed E-state index contributed by atoms with van der Waals surface area (Å²) in [6.07, 6.45) is 0. The molecule has 25 heavy (non-hydrogen) atoms. The summed E-state index contributed by atoms with van der Waals surface area (Å²) < 4.78 is 0.953. The van der Waals surface area contributed by atoms with Crippen LogP contribution in [0.5, 0.6) is 0 Å². The Balaban J connectivity index is 1.74. The van der Waals surface area contributed by atoms with Gasteiger partial charge in [-0.3, -0.25) is 19.3 Å². The van der Waals surface area contributed by atoms with Gasteiger partial charge in [0.1, 0.15) is 6.04 Å². The highest BCUT2D eigenvalue weighted by molar-refractivity contribution is 9.10. The molecule has 5 nitrogen and oxygen atoms in total. The second-order valence-corrected chi connectivity index (χ2v) is 6.90. The van der Waals surface area contributed by atoms with Crippen LogP contribution in [0.4, 0.5) is 0 Å². The Labute approximate surface area is 154 Å². The van der Waals surface area contributed by atoms with Gasteiger partial charge < -0.3 is 5.32 Å². The zero-order chi connectivity index (χ0) is 18.1. The summed E-state index contributed by atoms with van der Waals surface area (Å²) in [7, 11) is 0. The molecule has 1 aliphatic rings. The van der Waals surface area contributed by atoms with Crippen LogP contribution in [0.15, 0.2) is 53.0 Å². The van der Waals surface area contributed by atoms with Gasteiger partial charge in [0, 0.05) is 4.47 Å². The van der Waals surface area contributed by atoms with Crippen LogP contribution < -0.4 is 5.32 Å². The number of hydrogen-bond acceptors (Lipinski definition) is 3. The number of halogens is 1. The van der Waals surface area contributed by atoms with Crippen molar-refractivity contribution in [2.75, 3.05) is 0 Å². The van der Waals surface area contributed by atoms with Crippen molar-refractivity contribution in [1.29, 1.82) is 0 Å². The smallest absolute Gasteiger partial charge is 0.262 e. The van der Waals surface area contributed by atoms with Gasteiger partial charge >= 0.3 is 0 Å². The third-order valence-corrected chi connectivity index (χ3v) is 4.85. The van der Waals surface area contributed by atoms with E-state index in [-0.39, 0.29) is 11.9 Å². The van der Waals surface area contributed by atoms with E-state index in [1.807, 2.05) is 31.2 Å². The van der Waals surface area contributed by atoms with Crippen molar-refractivity contribution in [2.45, 2.75) is 25.9 Å². The third-order valence-electron chi connectivity index (χ3n) is 4.32. The minimum atomic E-state index is -0.884. The number of imide groups is 1. The van der Waals surface area contributed by atoms with Gasteiger partial charge in [0.25, 0.3) is 11.8 Å². The van der Waals surface area contributed by atoms with Crippen molar-refractivity contribution in [3.8, 4) is 0 Å². The number of nitrogens with one attached hydrogen (secondary N) is 1. The molecule has 3 rings (SSSR count). The van der Waals surface area contributed by atoms with Gasteiger partial charge in [-0.25, -0.2) is 0 Å². The molecule has 1 heterocycles. The zero-order valence-electron chi connectivity index (χ0n) is 13.8. The lowest BCUT2D eigenvalue weighted by Gasteiger charge is -2.24. The lowest BCUT2D eigenvalue weighted by molar-refractivity contribution is -0.125. The molecule has 0 bridgehead atoms. The maximum absolute atomic E-state index is 12.6. The van der Waals surface area contributed by atoms with E-state index in [2.05, 4.69) is 21.2 Å². The molecule has 0 spiro atoms. The maximum atomic E-state index is 12.6. The first-order valence-electron chi connectivity index (χ1n) is 7.93. The molecule has 1 aliphatic heterocycles. The molecule has 1 N–H and O–H groups in total. The molecular formula is C19H17BrN2O3. The highest BCUT2D eigenvalue weighted by atomic mass is 79.9. The van der Waals surface area contributed by atoms with Crippen molar-refractivity contribution in [3.05, 3.63) is 69.7 Å². The molecule has 3 amide bonds. The predicted octanol–water partition coefficient (Wildman–Crippen LogP) is 3.31. The third kappa shape index (κ3) is 3.22. The monoisotopic (exact) mass is 400 g/mol. The van der Waals surface area contributed by atoms with Crippen LogP contribution >= 0.6 is 15.9 Å². The number of carbonyl (C=O) groups excluding carboxylic acids is 3. The van der Waals surface area contributed by atoms with Gasteiger partial charge in [-0.1, -0.05) is 40.2 Å². The highest BCUT2D eigenvalue weighted by Gasteiger charge is 2.40. The second-order valence-electron chi connectivity index (χ2n) is 5.98. The summed E-state index contributed by atoms with van der Waals surface area (Å²) >= 11 is 3.37. The van der Waals surface area contributed by atoms with E-state index in [1.54, 1.807) is 31.2 Å². The molecule has 2 aromatic carbocycles. The average Bonchev–Trinajstić information content (AvgIpc) is 2.86. The normalized spacial score (nSPS) is 15.7. The summed E-state index contributed by atoms with van der Waals surface area (Å²) in [6.45, 7) is 3.42. The Morgan fingerprint density at radius 2 is 1.48 bits per heavy atom. The molecule has 0 saturated heterocycles. The fraction of sp³-hybridized carbons (Fsp3) is 0.211. The molecule has 0 saturated carbocycles. The van der Waals surface area contributed by atoms with Crippen LogP contribution in [0.1, 0.15) is 46.2 Å². The number of carbonyl (C=O) groups is 3. The summed E-state index contributed by atoms with van der Waals surface area (Å²) in [6, 6.07) is 13.1. The molecule has 0 aliphatic carbocycles. The van der Waals surface area contributed by atoms with Crippen LogP contribution in [-0.4, -0.2) is 28.7 Å². The number of benzene rings is 2. The summed E-state index contributed by atoms with van der Waals surface area (Å²) in [5.41, 5.74) is 1.62. The quantitative estimate of drug-likeness (QED) is 0.800. The van der Waals surface area contributed by atoms with E-state index in [9.17, 15) is 14.4 Å². The standard InChI is InChI=1S/C19H17BrN2O3/c1-11(13-7-9-14(20)10-8-13)21-17(23)12(2)22-18(24)15-5-3-4-6-16(15)19(22)25/h3-12H,1-2H3,(H,21,23)/t11-,12+/m0/s1. The number of nitrogens with zero attached hydrogens (tertiary/aromatic N) is 1. The molecule has 6 heteroatoms. The van der Waals surface area contributed by atoms with Crippen LogP contribution in [0.2, 0.25) is 0 Å². The first-order chi connectivity index (χ1) is 11.9. The van der Waals surface area contributed by atoms with Crippen LogP contribution in [0.3, 0.4) is 0 Å². The van der Waals surface area contributed by atoms with Gasteiger partial charge in [0.2, 0.25) is 5.91 Å². The molecule has 0 radical (unpaired) electrons. The van der Waals surface area contributed by atoms with E-state index in [0.717, 1.165) is 14.9 Å². The van der Waals surface area contributed by atoms with E-state index in [4.69, 9.17) is 0 Å². The van der Waals surface area contributed by atoms with Gasteiger partial charge in [-0.2, -0.15) is 0 Å². The molecule has 128 valence electrons. The summed E-state index contributed by atoms with van der Waals surface area (Å²) in [5, 5.41) is 2.86. The molecule has 0 unspecified atom stereocenters. The fourth-order valence-corrected chi connectivity index (χ4v) is 3.11. The summed E-state index contributed by atoms with van der Waals surface area (Å²) in [4.78, 5) is 38.5. The van der Waals surface area contributed by atoms with Crippen molar-refractivity contribution in [3.63, 3.8) is 0 Å². The largest absolute Gasteiger partial charge is 0.348 e. The topological polar surface area (TPSA) is 66.5 Å². The Kier molecular flexibility index (Phi) is 4.72. The number of amides is 3. The van der Waals surface area contributed by atoms with Crippen LogP contribution in [0, 0.1) is 0 Å². The second kappa shape index (κ2) is 6.80. The van der Waals surface area contributed by atoms with Crippen molar-refractivity contribution in [1.82, 2.24) is 10.2 Å². The first-order valence-corrected chi connectivity index (χ1v) is 8.72. The molecule has 2 aromatic rings. The van der Waals surface area contributed by atoms with Crippen LogP contribution in [-0.2, 0) is 4.79 Å². The highest BCUT2D eigenvalue weighted by Crippen LogP contribution is 2.25. The number of hydrogen-bond donors (Lipinski definition) is 1. The Hall–Kier alpha value is -2.47. The average molecular weight is 401 g/mol. The minimum absolute atomic E-state index is 0.238. The van der Waals surface area contributed by atoms with Gasteiger partial charge in [-0.15, -0.1) is 0 Å². The summed E-state index contributed by atoms with van der Waals surface area (Å²) in [5.74, 6) is -1.23. The fourth-order valence-electron chi connectivity index (χ4n) is 2.85. The Morgan fingerprint density at radius 1 is 0.960 bits per heavy atom. The van der Waals surface area contributed by atoms with E-state index < -0.39 is 17.9 Å².